The second-order valence-electron chi connectivity index (χ2n) is 8.67. The van der Waals surface area contributed by atoms with Gasteiger partial charge in [0, 0.05) is 48.5 Å². The van der Waals surface area contributed by atoms with Crippen LogP contribution in [0, 0.1) is 0 Å². The lowest BCUT2D eigenvalue weighted by atomic mass is 10.0. The number of amides is 1. The van der Waals surface area contributed by atoms with Crippen molar-refractivity contribution in [3.63, 3.8) is 0 Å². The van der Waals surface area contributed by atoms with E-state index < -0.39 is 5.60 Å². The Hall–Kier alpha value is -3.03. The number of likely N-dealkylation sites (tertiary alicyclic amines) is 1. The Morgan fingerprint density at radius 2 is 1.90 bits per heavy atom. The molecule has 8 nitrogen and oxygen atoms in total. The molecule has 8 heteroatoms. The van der Waals surface area contributed by atoms with Crippen LogP contribution in [0.1, 0.15) is 39.7 Å². The lowest BCUT2D eigenvalue weighted by molar-refractivity contribution is 0.0185. The number of aromatic nitrogens is 4. The quantitative estimate of drug-likeness (QED) is 0.669. The second kappa shape index (κ2) is 7.09. The first kappa shape index (κ1) is 19.3. The number of nitrogens with two attached hydrogens (primary N) is 1. The fourth-order valence-electron chi connectivity index (χ4n) is 3.78. The molecule has 29 heavy (non-hydrogen) atoms. The molecular weight excluding hydrogens is 368 g/mol. The van der Waals surface area contributed by atoms with Gasteiger partial charge in [-0.25, -0.2) is 4.79 Å². The molecule has 1 aliphatic heterocycles. The molecule has 0 aliphatic carbocycles. The zero-order valence-corrected chi connectivity index (χ0v) is 17.4. The Morgan fingerprint density at radius 3 is 2.59 bits per heavy atom. The maximum absolute atomic E-state index is 12.3. The summed E-state index contributed by atoms with van der Waals surface area (Å²) >= 11 is 0. The van der Waals surface area contributed by atoms with Crippen LogP contribution in [-0.2, 0) is 11.8 Å². The van der Waals surface area contributed by atoms with Gasteiger partial charge in [0.15, 0.2) is 0 Å². The highest BCUT2D eigenvalue weighted by Gasteiger charge is 2.28. The normalized spacial score (nSPS) is 15.8. The van der Waals surface area contributed by atoms with Crippen molar-refractivity contribution in [2.24, 2.45) is 7.05 Å². The molecule has 2 N–H and O–H groups in total. The molecule has 0 bridgehead atoms. The van der Waals surface area contributed by atoms with Crippen LogP contribution in [0.15, 0.2) is 30.7 Å². The lowest BCUT2D eigenvalue weighted by Crippen LogP contribution is -2.42. The Bertz CT molecular complexity index is 1040. The van der Waals surface area contributed by atoms with Crippen LogP contribution >= 0.6 is 0 Å². The van der Waals surface area contributed by atoms with E-state index in [0.29, 0.717) is 18.8 Å². The van der Waals surface area contributed by atoms with Crippen LogP contribution in [0.5, 0.6) is 0 Å². The summed E-state index contributed by atoms with van der Waals surface area (Å²) in [5.41, 5.74) is 9.50. The molecule has 0 saturated carbocycles. The van der Waals surface area contributed by atoms with Gasteiger partial charge in [-0.3, -0.25) is 9.36 Å². The number of fused-ring (bicyclic) bond motifs is 1. The highest BCUT2D eigenvalue weighted by Crippen LogP contribution is 2.32. The van der Waals surface area contributed by atoms with E-state index >= 15 is 0 Å². The van der Waals surface area contributed by atoms with E-state index in [1.54, 1.807) is 4.90 Å². The first-order chi connectivity index (χ1) is 13.7. The average Bonchev–Trinajstić information content (AvgIpc) is 3.27. The van der Waals surface area contributed by atoms with Gasteiger partial charge in [-0.1, -0.05) is 0 Å². The number of carbonyl (C=O) groups excluding carboxylic acids is 1. The SMILES string of the molecule is Cn1ncc2cc(N)c(-c3cnn(C4CCN(C(=O)OC(C)(C)C)CC4)c3)cc21. The van der Waals surface area contributed by atoms with Crippen LogP contribution in [0.2, 0.25) is 0 Å². The number of nitrogens with zero attached hydrogens (tertiary/aromatic N) is 5. The number of piperidine rings is 1. The number of carbonyl (C=O) groups is 1. The molecule has 0 atom stereocenters. The fraction of sp³-hybridized carbons (Fsp3) is 0.476. The molecule has 1 amide bonds. The largest absolute Gasteiger partial charge is 0.444 e. The van der Waals surface area contributed by atoms with Gasteiger partial charge in [-0.05, 0) is 45.7 Å². The summed E-state index contributed by atoms with van der Waals surface area (Å²) < 4.78 is 9.31. The summed E-state index contributed by atoms with van der Waals surface area (Å²) in [7, 11) is 1.92. The van der Waals surface area contributed by atoms with Gasteiger partial charge in [0.25, 0.3) is 0 Å². The van der Waals surface area contributed by atoms with Gasteiger partial charge in [0.05, 0.1) is 24.0 Å². The molecule has 3 heterocycles. The molecule has 154 valence electrons. The zero-order valence-electron chi connectivity index (χ0n) is 17.4. The van der Waals surface area contributed by atoms with Gasteiger partial charge in [-0.15, -0.1) is 0 Å². The molecule has 1 saturated heterocycles. The third-order valence-corrected chi connectivity index (χ3v) is 5.32. The fourth-order valence-corrected chi connectivity index (χ4v) is 3.78. The molecule has 1 aliphatic rings. The molecule has 2 aromatic heterocycles. The van der Waals surface area contributed by atoms with E-state index in [1.165, 1.54) is 0 Å². The minimum Gasteiger partial charge on any atom is -0.444 e. The molecule has 0 unspecified atom stereocenters. The van der Waals surface area contributed by atoms with Crippen molar-refractivity contribution in [2.45, 2.75) is 45.3 Å². The highest BCUT2D eigenvalue weighted by atomic mass is 16.6. The third kappa shape index (κ3) is 3.92. The van der Waals surface area contributed by atoms with Crippen molar-refractivity contribution < 1.29 is 9.53 Å². The first-order valence-electron chi connectivity index (χ1n) is 9.95. The Kier molecular flexibility index (Phi) is 4.72. The van der Waals surface area contributed by atoms with E-state index in [9.17, 15) is 4.79 Å². The molecule has 4 rings (SSSR count). The van der Waals surface area contributed by atoms with Gasteiger partial charge < -0.3 is 15.4 Å². The molecule has 0 radical (unpaired) electrons. The highest BCUT2D eigenvalue weighted by molar-refractivity contribution is 5.91. The number of nitrogen functional groups attached to an aromatic ring is 1. The monoisotopic (exact) mass is 396 g/mol. The van der Waals surface area contributed by atoms with Crippen LogP contribution in [-0.4, -0.2) is 49.2 Å². The smallest absolute Gasteiger partial charge is 0.410 e. The van der Waals surface area contributed by atoms with Gasteiger partial charge >= 0.3 is 6.09 Å². The van der Waals surface area contributed by atoms with E-state index in [1.807, 2.05) is 61.8 Å². The van der Waals surface area contributed by atoms with Crippen molar-refractivity contribution >= 4 is 22.7 Å². The minimum atomic E-state index is -0.473. The number of aryl methyl sites for hydroxylation is 1. The van der Waals surface area contributed by atoms with Crippen LogP contribution in [0.3, 0.4) is 0 Å². The molecule has 0 spiro atoms. The summed E-state index contributed by atoms with van der Waals surface area (Å²) in [6.45, 7) is 6.99. The Labute approximate surface area is 170 Å². The molecular formula is C21H28N6O2. The number of ether oxygens (including phenoxy) is 1. The van der Waals surface area contributed by atoms with E-state index in [2.05, 4.69) is 16.3 Å². The number of hydrogen-bond acceptors (Lipinski definition) is 5. The predicted molar refractivity (Wildman–Crippen MR) is 112 cm³/mol. The van der Waals surface area contributed by atoms with E-state index in [4.69, 9.17) is 10.5 Å². The number of hydrogen-bond donors (Lipinski definition) is 1. The molecule has 1 aromatic carbocycles. The molecule has 1 fully saturated rings. The van der Waals surface area contributed by atoms with E-state index in [-0.39, 0.29) is 12.1 Å². The summed E-state index contributed by atoms with van der Waals surface area (Å²) in [6, 6.07) is 4.27. The summed E-state index contributed by atoms with van der Waals surface area (Å²) in [5.74, 6) is 0. The van der Waals surface area contributed by atoms with Crippen molar-refractivity contribution in [3.8, 4) is 11.1 Å². The Morgan fingerprint density at radius 1 is 1.17 bits per heavy atom. The van der Waals surface area contributed by atoms with Crippen molar-refractivity contribution in [2.75, 3.05) is 18.8 Å². The van der Waals surface area contributed by atoms with Crippen LogP contribution in [0.4, 0.5) is 10.5 Å². The standard InChI is InChI=1S/C21H28N6O2/c1-21(2,3)29-20(28)26-7-5-16(6-8-26)27-13-15(12-24-27)17-10-19-14(9-18(17)22)11-23-25(19)4/h9-13,16H,5-8,22H2,1-4H3. The first-order valence-corrected chi connectivity index (χ1v) is 9.95. The van der Waals surface area contributed by atoms with Crippen molar-refractivity contribution in [1.29, 1.82) is 0 Å². The maximum Gasteiger partial charge on any atom is 0.410 e. The predicted octanol–water partition coefficient (Wildman–Crippen LogP) is 3.59. The van der Waals surface area contributed by atoms with Gasteiger partial charge in [-0.2, -0.15) is 10.2 Å². The topological polar surface area (TPSA) is 91.2 Å². The van der Waals surface area contributed by atoms with Crippen LogP contribution in [0.25, 0.3) is 22.0 Å². The van der Waals surface area contributed by atoms with E-state index in [0.717, 1.165) is 34.9 Å². The van der Waals surface area contributed by atoms with Crippen LogP contribution < -0.4 is 5.73 Å². The van der Waals surface area contributed by atoms with Gasteiger partial charge in [0.2, 0.25) is 0 Å². The number of anilines is 1. The lowest BCUT2D eigenvalue weighted by Gasteiger charge is -2.33. The number of benzene rings is 1. The minimum absolute atomic E-state index is 0.241. The average molecular weight is 396 g/mol. The van der Waals surface area contributed by atoms with Crippen molar-refractivity contribution in [1.82, 2.24) is 24.5 Å². The maximum atomic E-state index is 12.3. The number of rotatable bonds is 2. The molecule has 3 aromatic rings. The Balaban J connectivity index is 1.47. The van der Waals surface area contributed by atoms with Crippen molar-refractivity contribution in [3.05, 3.63) is 30.7 Å². The summed E-state index contributed by atoms with van der Waals surface area (Å²) in [5, 5.41) is 9.90. The summed E-state index contributed by atoms with van der Waals surface area (Å²) in [4.78, 5) is 14.0. The zero-order chi connectivity index (χ0) is 20.8. The van der Waals surface area contributed by atoms with Gasteiger partial charge in [0.1, 0.15) is 5.60 Å². The second-order valence-corrected chi connectivity index (χ2v) is 8.67. The summed E-state index contributed by atoms with van der Waals surface area (Å²) in [6.07, 6.45) is 7.16. The third-order valence-electron chi connectivity index (χ3n) is 5.32.